The molecule has 25 heavy (non-hydrogen) atoms. The van der Waals surface area contributed by atoms with E-state index in [2.05, 4.69) is 15.5 Å². The van der Waals surface area contributed by atoms with Crippen LogP contribution in [0.1, 0.15) is 19.7 Å². The first-order chi connectivity index (χ1) is 12.0. The lowest BCUT2D eigenvalue weighted by Gasteiger charge is -2.03. The van der Waals surface area contributed by atoms with Crippen LogP contribution in [-0.2, 0) is 0 Å². The number of hydrogen-bond donors (Lipinski definition) is 1. The molecule has 2 aromatic heterocycles. The summed E-state index contributed by atoms with van der Waals surface area (Å²) in [5.74, 6) is 0.361. The Bertz CT molecular complexity index is 920. The minimum absolute atomic E-state index is 0.224. The number of benzene rings is 1. The van der Waals surface area contributed by atoms with Gasteiger partial charge in [0.15, 0.2) is 5.01 Å². The van der Waals surface area contributed by atoms with Crippen molar-refractivity contribution in [3.8, 4) is 5.75 Å². The lowest BCUT2D eigenvalue weighted by atomic mass is 10.3. The van der Waals surface area contributed by atoms with Crippen LogP contribution in [-0.4, -0.2) is 23.2 Å². The van der Waals surface area contributed by atoms with E-state index in [4.69, 9.17) is 27.9 Å². The summed E-state index contributed by atoms with van der Waals surface area (Å²) >= 11 is 14.7. The second-order valence-electron chi connectivity index (χ2n) is 4.73. The number of carbonyl (C=O) groups excluding carboxylic acids is 1. The van der Waals surface area contributed by atoms with Crippen LogP contribution in [0.4, 0.5) is 5.69 Å². The predicted octanol–water partition coefficient (Wildman–Crippen LogP) is 5.25. The molecule has 5 nitrogen and oxygen atoms in total. The van der Waals surface area contributed by atoms with Crippen molar-refractivity contribution in [1.82, 2.24) is 10.2 Å². The number of hydrogen-bond acceptors (Lipinski definition) is 6. The third-order valence-electron chi connectivity index (χ3n) is 3.03. The smallest absolute Gasteiger partial charge is 0.286 e. The van der Waals surface area contributed by atoms with Gasteiger partial charge in [-0.2, -0.15) is 0 Å². The molecule has 0 atom stereocenters. The fourth-order valence-electron chi connectivity index (χ4n) is 1.86. The summed E-state index contributed by atoms with van der Waals surface area (Å²) in [7, 11) is 1.58. The van der Waals surface area contributed by atoms with Gasteiger partial charge >= 0.3 is 0 Å². The summed E-state index contributed by atoms with van der Waals surface area (Å²) in [5, 5.41) is 11.7. The fourth-order valence-corrected chi connectivity index (χ4v) is 3.85. The lowest BCUT2D eigenvalue weighted by molar-refractivity contribution is 0.102. The quantitative estimate of drug-likeness (QED) is 0.622. The summed E-state index contributed by atoms with van der Waals surface area (Å²) < 4.78 is 5.75. The van der Waals surface area contributed by atoms with Crippen LogP contribution in [0.15, 0.2) is 36.4 Å². The molecule has 2 heterocycles. The van der Waals surface area contributed by atoms with Crippen molar-refractivity contribution in [2.75, 3.05) is 12.4 Å². The van der Waals surface area contributed by atoms with E-state index >= 15 is 0 Å². The van der Waals surface area contributed by atoms with Gasteiger partial charge in [-0.15, -0.1) is 21.5 Å². The maximum absolute atomic E-state index is 12.3. The summed E-state index contributed by atoms with van der Waals surface area (Å²) in [6, 6.07) is 10.6. The van der Waals surface area contributed by atoms with Crippen molar-refractivity contribution in [3.05, 3.63) is 55.6 Å². The molecule has 3 rings (SSSR count). The standard InChI is InChI=1S/C16H11Cl2N3O2S2/c1-23-10-4-2-9(3-5-10)19-14(22)16-21-20-15(25-16)12(17)8-11-6-7-13(18)24-11/h2-8H,1H3,(H,19,22)/b12-8-. The van der Waals surface area contributed by atoms with E-state index in [1.54, 1.807) is 43.5 Å². The van der Waals surface area contributed by atoms with E-state index in [1.807, 2.05) is 6.07 Å². The zero-order valence-electron chi connectivity index (χ0n) is 12.8. The Hall–Kier alpha value is -1.93. The fraction of sp³-hybridized carbons (Fsp3) is 0.0625. The molecular weight excluding hydrogens is 401 g/mol. The zero-order valence-corrected chi connectivity index (χ0v) is 16.0. The minimum Gasteiger partial charge on any atom is -0.497 e. The molecular formula is C16H11Cl2N3O2S2. The molecule has 0 bridgehead atoms. The number of thiophene rings is 1. The highest BCUT2D eigenvalue weighted by atomic mass is 35.5. The molecule has 0 fully saturated rings. The van der Waals surface area contributed by atoms with Gasteiger partial charge in [-0.25, -0.2) is 0 Å². The van der Waals surface area contributed by atoms with Crippen LogP contribution in [0.3, 0.4) is 0 Å². The molecule has 128 valence electrons. The summed E-state index contributed by atoms with van der Waals surface area (Å²) in [6.45, 7) is 0. The number of methoxy groups -OCH3 is 1. The number of amides is 1. The minimum atomic E-state index is -0.349. The van der Waals surface area contributed by atoms with Crippen molar-refractivity contribution in [3.63, 3.8) is 0 Å². The molecule has 0 aliphatic carbocycles. The SMILES string of the molecule is COc1ccc(NC(=O)c2nnc(/C(Cl)=C/c3ccc(Cl)s3)s2)cc1. The average Bonchev–Trinajstić information content (AvgIpc) is 3.25. The van der Waals surface area contributed by atoms with Crippen molar-refractivity contribution >= 4 is 68.6 Å². The number of nitrogens with one attached hydrogen (secondary N) is 1. The van der Waals surface area contributed by atoms with Gasteiger partial charge in [-0.05, 0) is 42.5 Å². The van der Waals surface area contributed by atoms with Gasteiger partial charge in [0.2, 0.25) is 5.01 Å². The first-order valence-electron chi connectivity index (χ1n) is 6.97. The Morgan fingerprint density at radius 1 is 1.12 bits per heavy atom. The molecule has 3 aromatic rings. The molecule has 1 amide bonds. The molecule has 0 aliphatic rings. The molecule has 1 N–H and O–H groups in total. The van der Waals surface area contributed by atoms with Crippen LogP contribution >= 0.6 is 45.9 Å². The zero-order chi connectivity index (χ0) is 17.8. The maximum atomic E-state index is 12.3. The number of rotatable bonds is 5. The molecule has 0 aliphatic heterocycles. The number of carbonyl (C=O) groups is 1. The Morgan fingerprint density at radius 3 is 2.48 bits per heavy atom. The molecule has 0 unspecified atom stereocenters. The molecule has 0 saturated carbocycles. The number of anilines is 1. The number of ether oxygens (including phenoxy) is 1. The maximum Gasteiger partial charge on any atom is 0.286 e. The summed E-state index contributed by atoms with van der Waals surface area (Å²) in [6.07, 6.45) is 1.74. The van der Waals surface area contributed by atoms with Gasteiger partial charge < -0.3 is 10.1 Å². The Balaban J connectivity index is 1.71. The molecule has 1 aromatic carbocycles. The van der Waals surface area contributed by atoms with Crippen molar-refractivity contribution < 1.29 is 9.53 Å². The lowest BCUT2D eigenvalue weighted by Crippen LogP contribution is -2.11. The largest absolute Gasteiger partial charge is 0.497 e. The van der Waals surface area contributed by atoms with E-state index in [1.165, 1.54) is 11.3 Å². The van der Waals surface area contributed by atoms with E-state index in [0.29, 0.717) is 25.8 Å². The molecule has 0 spiro atoms. The predicted molar refractivity (Wildman–Crippen MR) is 104 cm³/mol. The van der Waals surface area contributed by atoms with E-state index < -0.39 is 0 Å². The van der Waals surface area contributed by atoms with Crippen LogP contribution in [0.25, 0.3) is 11.1 Å². The number of nitrogens with zero attached hydrogens (tertiary/aromatic N) is 2. The monoisotopic (exact) mass is 411 g/mol. The second kappa shape index (κ2) is 7.97. The topological polar surface area (TPSA) is 64.1 Å². The normalized spacial score (nSPS) is 11.4. The van der Waals surface area contributed by atoms with Gasteiger partial charge in [-0.3, -0.25) is 4.79 Å². The average molecular weight is 412 g/mol. The highest BCUT2D eigenvalue weighted by molar-refractivity contribution is 7.17. The highest BCUT2D eigenvalue weighted by Crippen LogP contribution is 2.29. The van der Waals surface area contributed by atoms with Gasteiger partial charge in [0.25, 0.3) is 5.91 Å². The molecule has 0 saturated heterocycles. The Kier molecular flexibility index (Phi) is 5.70. The van der Waals surface area contributed by atoms with Gasteiger partial charge in [-0.1, -0.05) is 34.5 Å². The van der Waals surface area contributed by atoms with Crippen molar-refractivity contribution in [2.45, 2.75) is 0 Å². The first-order valence-corrected chi connectivity index (χ1v) is 9.36. The van der Waals surface area contributed by atoms with Gasteiger partial charge in [0, 0.05) is 10.6 Å². The summed E-state index contributed by atoms with van der Waals surface area (Å²) in [4.78, 5) is 13.2. The Morgan fingerprint density at radius 2 is 1.84 bits per heavy atom. The number of halogens is 2. The highest BCUT2D eigenvalue weighted by Gasteiger charge is 2.15. The number of aromatic nitrogens is 2. The van der Waals surface area contributed by atoms with Crippen molar-refractivity contribution in [2.24, 2.45) is 0 Å². The van der Waals surface area contributed by atoms with Crippen LogP contribution in [0.2, 0.25) is 4.34 Å². The molecule has 0 radical (unpaired) electrons. The first kappa shape index (κ1) is 17.9. The Labute approximate surface area is 161 Å². The van der Waals surface area contributed by atoms with Crippen molar-refractivity contribution in [1.29, 1.82) is 0 Å². The van der Waals surface area contributed by atoms with E-state index in [9.17, 15) is 4.79 Å². The van der Waals surface area contributed by atoms with Gasteiger partial charge in [0.05, 0.1) is 16.5 Å². The van der Waals surface area contributed by atoms with Crippen LogP contribution in [0.5, 0.6) is 5.75 Å². The van der Waals surface area contributed by atoms with Crippen LogP contribution < -0.4 is 10.1 Å². The van der Waals surface area contributed by atoms with E-state index in [-0.39, 0.29) is 10.9 Å². The summed E-state index contributed by atoms with van der Waals surface area (Å²) in [5.41, 5.74) is 0.636. The van der Waals surface area contributed by atoms with E-state index in [0.717, 1.165) is 16.2 Å². The van der Waals surface area contributed by atoms with Crippen LogP contribution in [0, 0.1) is 0 Å². The third-order valence-corrected chi connectivity index (χ3v) is 5.57. The van der Waals surface area contributed by atoms with Gasteiger partial charge in [0.1, 0.15) is 5.75 Å². The second-order valence-corrected chi connectivity index (χ2v) is 7.86. The third kappa shape index (κ3) is 4.58. The molecule has 9 heteroatoms.